The average Bonchev–Trinajstić information content (AvgIpc) is 2.99. The van der Waals surface area contributed by atoms with Crippen LogP contribution in [-0.2, 0) is 21.2 Å². The number of hydrogen-bond donors (Lipinski definition) is 2. The van der Waals surface area contributed by atoms with Gasteiger partial charge < -0.3 is 9.15 Å². The lowest BCUT2D eigenvalue weighted by atomic mass is 9.79. The molecule has 4 aromatic rings. The first-order chi connectivity index (χ1) is 20.2. The number of rotatable bonds is 6. The smallest absolute Gasteiger partial charge is 0.262 e. The molecule has 1 saturated carbocycles. The van der Waals surface area contributed by atoms with Crippen molar-refractivity contribution >= 4 is 26.9 Å². The molecule has 3 aromatic carbocycles. The Kier molecular flexibility index (Phi) is 7.64. The summed E-state index contributed by atoms with van der Waals surface area (Å²) in [6, 6.07) is 19.7. The number of ether oxygens (including phenoxy) is 1. The van der Waals surface area contributed by atoms with Crippen LogP contribution >= 0.6 is 0 Å². The minimum absolute atomic E-state index is 0.0690. The van der Waals surface area contributed by atoms with Crippen LogP contribution in [0.15, 0.2) is 87.2 Å². The molecule has 1 unspecified atom stereocenters. The Bertz CT molecular complexity index is 1790. The first-order valence-corrected chi connectivity index (χ1v) is 15.9. The molecular formula is C33H35N3O5S. The van der Waals surface area contributed by atoms with Gasteiger partial charge in [0.25, 0.3) is 5.91 Å². The molecule has 1 spiro atoms. The zero-order valence-corrected chi connectivity index (χ0v) is 24.7. The van der Waals surface area contributed by atoms with Gasteiger partial charge >= 0.3 is 0 Å². The zero-order valence-electron chi connectivity index (χ0n) is 23.9. The molecule has 2 N–H and O–H groups in total. The molecule has 218 valence electrons. The van der Waals surface area contributed by atoms with Crippen molar-refractivity contribution < 1.29 is 22.4 Å². The topological polar surface area (TPSA) is 110 Å². The fraction of sp³-hybridized carbons (Fsp3) is 0.333. The zero-order chi connectivity index (χ0) is 29.3. The number of fused-ring (bicyclic) bond motifs is 2. The van der Waals surface area contributed by atoms with E-state index in [1.165, 1.54) is 37.0 Å². The maximum absolute atomic E-state index is 13.4. The molecule has 2 heterocycles. The molecule has 2 aliphatic rings. The van der Waals surface area contributed by atoms with Crippen LogP contribution in [-0.4, -0.2) is 19.9 Å². The van der Waals surface area contributed by atoms with Crippen LogP contribution in [0.5, 0.6) is 5.75 Å². The minimum Gasteiger partial charge on any atom is -0.487 e. The molecular weight excluding hydrogens is 550 g/mol. The summed E-state index contributed by atoms with van der Waals surface area (Å²) in [5.41, 5.74) is 6.79. The van der Waals surface area contributed by atoms with Gasteiger partial charge in [0, 0.05) is 17.5 Å². The van der Waals surface area contributed by atoms with Crippen LogP contribution in [0.1, 0.15) is 66.8 Å². The molecule has 1 amide bonds. The van der Waals surface area contributed by atoms with Gasteiger partial charge in [-0.2, -0.15) is 4.72 Å². The van der Waals surface area contributed by atoms with E-state index in [2.05, 4.69) is 21.3 Å². The fourth-order valence-electron chi connectivity index (χ4n) is 5.98. The molecule has 1 fully saturated rings. The third kappa shape index (κ3) is 5.84. The largest absolute Gasteiger partial charge is 0.487 e. The van der Waals surface area contributed by atoms with Crippen molar-refractivity contribution in [2.45, 2.75) is 75.3 Å². The second-order valence-electron chi connectivity index (χ2n) is 11.4. The summed E-state index contributed by atoms with van der Waals surface area (Å²) in [7, 11) is -4.00. The number of nitrogens with one attached hydrogen (secondary N) is 2. The van der Waals surface area contributed by atoms with Crippen LogP contribution in [0, 0.1) is 13.8 Å². The van der Waals surface area contributed by atoms with E-state index in [0.717, 1.165) is 47.9 Å². The summed E-state index contributed by atoms with van der Waals surface area (Å²) in [5, 5.41) is 5.20. The highest BCUT2D eigenvalue weighted by molar-refractivity contribution is 7.89. The molecule has 1 atom stereocenters. The van der Waals surface area contributed by atoms with Crippen LogP contribution in [0.2, 0.25) is 0 Å². The lowest BCUT2D eigenvalue weighted by Crippen LogP contribution is -2.41. The second-order valence-corrected chi connectivity index (χ2v) is 13.1. The Morgan fingerprint density at radius 2 is 1.67 bits per heavy atom. The molecule has 1 aliphatic carbocycles. The van der Waals surface area contributed by atoms with Gasteiger partial charge in [-0.25, -0.2) is 13.8 Å². The van der Waals surface area contributed by atoms with Gasteiger partial charge in [-0.3, -0.25) is 4.79 Å². The van der Waals surface area contributed by atoms with E-state index < -0.39 is 22.0 Å². The summed E-state index contributed by atoms with van der Waals surface area (Å²) in [5.74, 6) is 0.215. The van der Waals surface area contributed by atoms with Gasteiger partial charge in [0.2, 0.25) is 15.6 Å². The van der Waals surface area contributed by atoms with Crippen LogP contribution in [0.25, 0.3) is 11.0 Å². The summed E-state index contributed by atoms with van der Waals surface area (Å²) in [6.45, 7) is 3.85. The molecule has 8 nitrogen and oxygen atoms in total. The van der Waals surface area contributed by atoms with Crippen molar-refractivity contribution in [2.75, 3.05) is 0 Å². The van der Waals surface area contributed by atoms with E-state index in [-0.39, 0.29) is 16.1 Å². The molecule has 1 aliphatic heterocycles. The molecule has 0 saturated heterocycles. The second kappa shape index (κ2) is 11.4. The van der Waals surface area contributed by atoms with Crippen molar-refractivity contribution in [3.05, 3.63) is 101 Å². The Morgan fingerprint density at radius 3 is 2.40 bits per heavy atom. The third-order valence-corrected chi connectivity index (χ3v) is 9.80. The summed E-state index contributed by atoms with van der Waals surface area (Å²) in [4.78, 5) is 13.5. The highest BCUT2D eigenvalue weighted by Gasteiger charge is 2.37. The SMILES string of the molecule is Cc1ccc(S(=O)(=O)NC(C(=O)NN=c2cc(C)c3cc4c(cc3o2)OC2(CCCCC2)CC4)c2ccccc2)cc1. The first-order valence-electron chi connectivity index (χ1n) is 14.5. The van der Waals surface area contributed by atoms with Crippen molar-refractivity contribution in [1.82, 2.24) is 10.1 Å². The molecule has 0 radical (unpaired) electrons. The molecule has 0 bridgehead atoms. The lowest BCUT2D eigenvalue weighted by Gasteiger charge is -2.41. The number of nitrogens with zero attached hydrogens (tertiary/aromatic N) is 1. The highest BCUT2D eigenvalue weighted by Crippen LogP contribution is 2.43. The number of carbonyl (C=O) groups is 1. The van der Waals surface area contributed by atoms with Gasteiger partial charge in [0.05, 0.1) is 4.90 Å². The third-order valence-electron chi connectivity index (χ3n) is 8.36. The van der Waals surface area contributed by atoms with E-state index >= 15 is 0 Å². The normalized spacial score (nSPS) is 17.4. The number of sulfonamides is 1. The maximum atomic E-state index is 13.4. The van der Waals surface area contributed by atoms with Crippen molar-refractivity contribution in [2.24, 2.45) is 5.10 Å². The fourth-order valence-corrected chi connectivity index (χ4v) is 7.16. The average molecular weight is 586 g/mol. The molecule has 6 rings (SSSR count). The van der Waals surface area contributed by atoms with Gasteiger partial charge in [0.15, 0.2) is 0 Å². The molecule has 9 heteroatoms. The van der Waals surface area contributed by atoms with Gasteiger partial charge in [0.1, 0.15) is 23.0 Å². The van der Waals surface area contributed by atoms with Crippen molar-refractivity contribution in [3.8, 4) is 5.75 Å². The first kappa shape index (κ1) is 28.2. The predicted molar refractivity (Wildman–Crippen MR) is 160 cm³/mol. The number of amides is 1. The van der Waals surface area contributed by atoms with E-state index in [4.69, 9.17) is 9.15 Å². The number of aryl methyl sites for hydroxylation is 3. The molecule has 42 heavy (non-hydrogen) atoms. The van der Waals surface area contributed by atoms with E-state index in [1.54, 1.807) is 48.5 Å². The van der Waals surface area contributed by atoms with Crippen LogP contribution in [0.3, 0.4) is 0 Å². The van der Waals surface area contributed by atoms with Crippen molar-refractivity contribution in [1.29, 1.82) is 0 Å². The Morgan fingerprint density at radius 1 is 0.929 bits per heavy atom. The number of benzene rings is 3. The number of hydrogen-bond acceptors (Lipinski definition) is 6. The summed E-state index contributed by atoms with van der Waals surface area (Å²) in [6.07, 6.45) is 7.83. The van der Waals surface area contributed by atoms with Gasteiger partial charge in [-0.15, -0.1) is 5.10 Å². The Balaban J connectivity index is 1.28. The summed E-state index contributed by atoms with van der Waals surface area (Å²) < 4.78 is 41.6. The van der Waals surface area contributed by atoms with Crippen LogP contribution < -0.4 is 20.4 Å². The molecule has 1 aromatic heterocycles. The monoisotopic (exact) mass is 585 g/mol. The highest BCUT2D eigenvalue weighted by atomic mass is 32.2. The Labute approximate surface area is 245 Å². The maximum Gasteiger partial charge on any atom is 0.262 e. The quantitative estimate of drug-likeness (QED) is 0.281. The predicted octanol–water partition coefficient (Wildman–Crippen LogP) is 5.73. The standard InChI is InChI=1S/C33H35N3O5S/c1-22-11-13-26(14-12-22)42(38,39)36-31(24-9-5-3-6-10-24)32(37)35-34-30-19-23(2)27-20-25-15-18-33(16-7-4-8-17-33)41-28(25)21-29(27)40-30/h3,5-6,9-14,19-21,31,36H,4,7-8,15-18H2,1-2H3,(H,35,37). The van der Waals surface area contributed by atoms with Gasteiger partial charge in [-0.05, 0) is 87.3 Å². The van der Waals surface area contributed by atoms with Gasteiger partial charge in [-0.1, -0.05) is 54.4 Å². The minimum atomic E-state index is -4.00. The Hall–Kier alpha value is -3.95. The number of carbonyl (C=O) groups excluding carboxylic acids is 1. The summed E-state index contributed by atoms with van der Waals surface area (Å²) >= 11 is 0. The van der Waals surface area contributed by atoms with Crippen molar-refractivity contribution in [3.63, 3.8) is 0 Å². The van der Waals surface area contributed by atoms with E-state index in [9.17, 15) is 13.2 Å². The lowest BCUT2D eigenvalue weighted by molar-refractivity contribution is -0.123. The van der Waals surface area contributed by atoms with E-state index in [1.807, 2.05) is 19.9 Å². The van der Waals surface area contributed by atoms with Crippen LogP contribution in [0.4, 0.5) is 0 Å². The van der Waals surface area contributed by atoms with E-state index in [0.29, 0.717) is 11.1 Å².